The Morgan fingerprint density at radius 3 is 2.47 bits per heavy atom. The predicted octanol–water partition coefficient (Wildman–Crippen LogP) is 5.50. The highest BCUT2D eigenvalue weighted by Crippen LogP contribution is 2.20. The maximum atomic E-state index is 12.6. The minimum Gasteiger partial charge on any atom is -0.497 e. The molecule has 2 heterocycles. The minimum absolute atomic E-state index is 0.189. The highest BCUT2D eigenvalue weighted by molar-refractivity contribution is 5.96. The van der Waals surface area contributed by atoms with Gasteiger partial charge in [-0.3, -0.25) is 4.79 Å². The topological polar surface area (TPSA) is 59.7 Å². The van der Waals surface area contributed by atoms with E-state index in [1.165, 1.54) is 0 Å². The van der Waals surface area contributed by atoms with Crippen molar-refractivity contribution in [2.24, 2.45) is 0 Å². The lowest BCUT2D eigenvalue weighted by molar-refractivity contribution is 0.0978. The number of imidazole rings is 1. The lowest BCUT2D eigenvalue weighted by Gasteiger charge is -2.14. The van der Waals surface area contributed by atoms with E-state index < -0.39 is 0 Å². The van der Waals surface area contributed by atoms with Crippen molar-refractivity contribution in [1.29, 1.82) is 0 Å². The average molecular weight is 481 g/mol. The number of carbonyl (C=O) groups is 1. The zero-order valence-electron chi connectivity index (χ0n) is 21.2. The van der Waals surface area contributed by atoms with Crippen LogP contribution in [0.25, 0.3) is 16.9 Å². The molecular formula is C30H32N4O2. The molecule has 0 aliphatic rings. The monoisotopic (exact) mass is 480 g/mol. The molecule has 0 aliphatic heterocycles. The number of hydrogen-bond donors (Lipinski definition) is 0. The van der Waals surface area contributed by atoms with Crippen molar-refractivity contribution >= 4 is 11.4 Å². The first-order valence-corrected chi connectivity index (χ1v) is 12.4. The molecule has 0 bridgehead atoms. The first-order chi connectivity index (χ1) is 17.6. The van der Waals surface area contributed by atoms with Gasteiger partial charge < -0.3 is 9.64 Å². The van der Waals surface area contributed by atoms with Crippen LogP contribution >= 0.6 is 0 Å². The van der Waals surface area contributed by atoms with Crippen LogP contribution in [0.1, 0.15) is 54.2 Å². The van der Waals surface area contributed by atoms with Crippen molar-refractivity contribution in [3.8, 4) is 28.8 Å². The number of Topliss-reactive ketones (excluding diaryl/α,β-unsaturated/α-hetero) is 1. The Kier molecular flexibility index (Phi) is 8.48. The number of unbranched alkanes of at least 4 members (excludes halogenated alkanes) is 1. The molecule has 0 spiro atoms. The van der Waals surface area contributed by atoms with Gasteiger partial charge in [0.05, 0.1) is 19.0 Å². The minimum atomic E-state index is 0.189. The molecule has 6 heteroatoms. The number of rotatable bonds is 10. The maximum Gasteiger partial charge on any atom is 0.162 e. The van der Waals surface area contributed by atoms with Gasteiger partial charge in [-0.2, -0.15) is 5.10 Å². The number of ketones is 1. The molecule has 0 N–H and O–H groups in total. The number of carbonyl (C=O) groups excluding carboxylic acids is 1. The molecule has 0 amide bonds. The normalized spacial score (nSPS) is 10.9. The molecule has 0 aliphatic carbocycles. The van der Waals surface area contributed by atoms with Crippen molar-refractivity contribution in [2.45, 2.75) is 32.6 Å². The van der Waals surface area contributed by atoms with Crippen LogP contribution in [0.15, 0.2) is 66.9 Å². The third kappa shape index (κ3) is 6.38. The number of fused-ring (bicyclic) bond motifs is 1. The van der Waals surface area contributed by atoms with Crippen LogP contribution in [-0.2, 0) is 0 Å². The molecule has 0 atom stereocenters. The smallest absolute Gasteiger partial charge is 0.162 e. The number of hydrogen-bond acceptors (Lipinski definition) is 5. The number of benzene rings is 2. The summed E-state index contributed by atoms with van der Waals surface area (Å²) in [6.07, 6.45) is 5.41. The first-order valence-electron chi connectivity index (χ1n) is 12.4. The Morgan fingerprint density at radius 2 is 1.75 bits per heavy atom. The van der Waals surface area contributed by atoms with Gasteiger partial charge in [-0.1, -0.05) is 37.1 Å². The van der Waals surface area contributed by atoms with Crippen LogP contribution in [0, 0.1) is 11.8 Å². The van der Waals surface area contributed by atoms with E-state index in [-0.39, 0.29) is 5.78 Å². The predicted molar refractivity (Wildman–Crippen MR) is 143 cm³/mol. The second-order valence-corrected chi connectivity index (χ2v) is 8.87. The van der Waals surface area contributed by atoms with Gasteiger partial charge >= 0.3 is 0 Å². The van der Waals surface area contributed by atoms with Gasteiger partial charge in [-0.05, 0) is 81.7 Å². The maximum absolute atomic E-state index is 12.6. The first kappa shape index (κ1) is 25.2. The standard InChI is InChI=1S/C30H32N4O2/c1-4-20-33(2)21-6-5-7-29(35)25-13-11-24(12-14-25)28-18-19-30-31-22-26(34(30)32-28)15-8-23-9-16-27(36-3)17-10-23/h9-14,16-19,22H,4-7,20-21H2,1-3H3. The van der Waals surface area contributed by atoms with Crippen LogP contribution in [0.2, 0.25) is 0 Å². The molecule has 2 aromatic heterocycles. The number of methoxy groups -OCH3 is 1. The fourth-order valence-electron chi connectivity index (χ4n) is 4.06. The average Bonchev–Trinajstić information content (AvgIpc) is 3.32. The second-order valence-electron chi connectivity index (χ2n) is 8.87. The summed E-state index contributed by atoms with van der Waals surface area (Å²) >= 11 is 0. The summed E-state index contributed by atoms with van der Waals surface area (Å²) in [7, 11) is 3.78. The fourth-order valence-corrected chi connectivity index (χ4v) is 4.06. The van der Waals surface area contributed by atoms with Crippen LogP contribution in [0.5, 0.6) is 5.75 Å². The van der Waals surface area contributed by atoms with Gasteiger partial charge in [-0.15, -0.1) is 0 Å². The van der Waals surface area contributed by atoms with Crippen molar-refractivity contribution in [3.05, 3.63) is 83.7 Å². The summed E-state index contributed by atoms with van der Waals surface area (Å²) in [4.78, 5) is 19.3. The van der Waals surface area contributed by atoms with Crippen molar-refractivity contribution in [1.82, 2.24) is 19.5 Å². The molecule has 0 fully saturated rings. The van der Waals surface area contributed by atoms with Gasteiger partial charge in [-0.25, -0.2) is 9.50 Å². The molecule has 0 saturated heterocycles. The third-order valence-electron chi connectivity index (χ3n) is 6.09. The van der Waals surface area contributed by atoms with E-state index >= 15 is 0 Å². The van der Waals surface area contributed by atoms with Crippen molar-refractivity contribution in [3.63, 3.8) is 0 Å². The van der Waals surface area contributed by atoms with Crippen LogP contribution < -0.4 is 4.74 Å². The Bertz CT molecular complexity index is 1360. The molecular weight excluding hydrogens is 448 g/mol. The Labute approximate surface area is 212 Å². The lowest BCUT2D eigenvalue weighted by atomic mass is 10.0. The highest BCUT2D eigenvalue weighted by Gasteiger charge is 2.09. The zero-order chi connectivity index (χ0) is 25.3. The Hall–Kier alpha value is -3.95. The van der Waals surface area contributed by atoms with Crippen molar-refractivity contribution < 1.29 is 9.53 Å². The van der Waals surface area contributed by atoms with Crippen LogP contribution in [0.3, 0.4) is 0 Å². The summed E-state index contributed by atoms with van der Waals surface area (Å²) in [6.45, 7) is 4.32. The van der Waals surface area contributed by atoms with Gasteiger partial charge in [0.2, 0.25) is 0 Å². The van der Waals surface area contributed by atoms with Crippen LogP contribution in [-0.4, -0.2) is 52.5 Å². The summed E-state index contributed by atoms with van der Waals surface area (Å²) in [5.74, 6) is 7.30. The molecule has 0 saturated carbocycles. The Morgan fingerprint density at radius 1 is 0.972 bits per heavy atom. The quantitative estimate of drug-likeness (QED) is 0.170. The number of aromatic nitrogens is 3. The van der Waals surface area contributed by atoms with E-state index in [1.54, 1.807) is 17.8 Å². The molecule has 0 radical (unpaired) electrons. The van der Waals surface area contributed by atoms with Gasteiger partial charge in [0.15, 0.2) is 11.4 Å². The zero-order valence-corrected chi connectivity index (χ0v) is 21.2. The summed E-state index contributed by atoms with van der Waals surface area (Å²) in [5.41, 5.74) is 4.81. The third-order valence-corrected chi connectivity index (χ3v) is 6.09. The summed E-state index contributed by atoms with van der Waals surface area (Å²) in [6, 6.07) is 19.2. The van der Waals surface area contributed by atoms with E-state index in [1.807, 2.05) is 60.7 Å². The van der Waals surface area contributed by atoms with E-state index in [0.29, 0.717) is 12.1 Å². The van der Waals surface area contributed by atoms with Crippen molar-refractivity contribution in [2.75, 3.05) is 27.2 Å². The molecule has 6 nitrogen and oxygen atoms in total. The van der Waals surface area contributed by atoms with E-state index in [9.17, 15) is 4.79 Å². The molecule has 4 aromatic rings. The molecule has 0 unspecified atom stereocenters. The largest absolute Gasteiger partial charge is 0.497 e. The van der Waals surface area contributed by atoms with E-state index in [2.05, 4.69) is 35.7 Å². The van der Waals surface area contributed by atoms with Gasteiger partial charge in [0.1, 0.15) is 11.4 Å². The van der Waals surface area contributed by atoms with Crippen LogP contribution in [0.4, 0.5) is 0 Å². The summed E-state index contributed by atoms with van der Waals surface area (Å²) < 4.78 is 6.95. The molecule has 4 rings (SSSR count). The van der Waals surface area contributed by atoms with Gasteiger partial charge in [0, 0.05) is 23.1 Å². The molecule has 2 aromatic carbocycles. The fraction of sp³-hybridized carbons (Fsp3) is 0.300. The highest BCUT2D eigenvalue weighted by atomic mass is 16.5. The van der Waals surface area contributed by atoms with E-state index in [0.717, 1.165) is 66.1 Å². The SMILES string of the molecule is CCCN(C)CCCCC(=O)c1ccc(-c2ccc3ncc(C#Cc4ccc(OC)cc4)n3n2)cc1. The van der Waals surface area contributed by atoms with E-state index in [4.69, 9.17) is 9.84 Å². The lowest BCUT2D eigenvalue weighted by Crippen LogP contribution is -2.20. The molecule has 184 valence electrons. The summed E-state index contributed by atoms with van der Waals surface area (Å²) in [5, 5.41) is 4.75. The number of nitrogens with zero attached hydrogens (tertiary/aromatic N) is 4. The second kappa shape index (κ2) is 12.1. The number of ether oxygens (including phenoxy) is 1. The molecule has 36 heavy (non-hydrogen) atoms. The van der Waals surface area contributed by atoms with Gasteiger partial charge in [0.25, 0.3) is 0 Å². The Balaban J connectivity index is 1.43.